The number of rotatable bonds is 11. The van der Waals surface area contributed by atoms with Gasteiger partial charge in [0, 0.05) is 51.5 Å². The molecule has 0 fully saturated rings. The van der Waals surface area contributed by atoms with Crippen molar-refractivity contribution in [2.75, 3.05) is 25.9 Å². The number of hydrogen-bond acceptors (Lipinski definition) is 4. The SMILES string of the molecule is CCNC(=NCCCc1nnc(SC)n1CC(C)C)NCCn1cccc1. The van der Waals surface area contributed by atoms with Crippen LogP contribution >= 0.6 is 11.8 Å². The molecule has 27 heavy (non-hydrogen) atoms. The van der Waals surface area contributed by atoms with Gasteiger partial charge in [0.25, 0.3) is 0 Å². The van der Waals surface area contributed by atoms with Gasteiger partial charge < -0.3 is 19.8 Å². The first kappa shape index (κ1) is 21.3. The first-order valence-corrected chi connectivity index (χ1v) is 11.0. The highest BCUT2D eigenvalue weighted by atomic mass is 32.2. The molecule has 0 aliphatic carbocycles. The molecule has 0 bridgehead atoms. The molecule has 2 N–H and O–H groups in total. The van der Waals surface area contributed by atoms with Crippen LogP contribution in [0.3, 0.4) is 0 Å². The fourth-order valence-electron chi connectivity index (χ4n) is 2.80. The smallest absolute Gasteiger partial charge is 0.191 e. The molecule has 0 aromatic carbocycles. The minimum atomic E-state index is 0.577. The van der Waals surface area contributed by atoms with Crippen LogP contribution in [0.15, 0.2) is 34.7 Å². The zero-order valence-electron chi connectivity index (χ0n) is 17.0. The van der Waals surface area contributed by atoms with Gasteiger partial charge in [0.1, 0.15) is 5.82 Å². The van der Waals surface area contributed by atoms with E-state index in [1.807, 2.05) is 12.1 Å². The van der Waals surface area contributed by atoms with Crippen LogP contribution in [0, 0.1) is 5.92 Å². The van der Waals surface area contributed by atoms with Crippen LogP contribution in [0.5, 0.6) is 0 Å². The number of aryl methyl sites for hydroxylation is 1. The molecular weight excluding hydrogens is 358 g/mol. The first-order chi connectivity index (χ1) is 13.1. The van der Waals surface area contributed by atoms with E-state index in [4.69, 9.17) is 0 Å². The van der Waals surface area contributed by atoms with Crippen LogP contribution in [-0.4, -0.2) is 51.2 Å². The fourth-order valence-corrected chi connectivity index (χ4v) is 3.32. The third-order valence-corrected chi connectivity index (χ3v) is 4.69. The molecule has 0 radical (unpaired) electrons. The van der Waals surface area contributed by atoms with Gasteiger partial charge in [-0.05, 0) is 37.7 Å². The second kappa shape index (κ2) is 11.7. The van der Waals surface area contributed by atoms with E-state index >= 15 is 0 Å². The number of thioether (sulfide) groups is 1. The average Bonchev–Trinajstić information content (AvgIpc) is 3.28. The minimum absolute atomic E-state index is 0.577. The van der Waals surface area contributed by atoms with E-state index in [1.165, 1.54) is 0 Å². The lowest BCUT2D eigenvalue weighted by Crippen LogP contribution is -2.38. The Morgan fingerprint density at radius 1 is 1.22 bits per heavy atom. The Labute approximate surface area is 167 Å². The molecule has 0 saturated carbocycles. The van der Waals surface area contributed by atoms with Crippen LogP contribution in [0.1, 0.15) is 33.0 Å². The van der Waals surface area contributed by atoms with Crippen molar-refractivity contribution in [3.8, 4) is 0 Å². The summed E-state index contributed by atoms with van der Waals surface area (Å²) in [5.41, 5.74) is 0. The molecule has 2 aromatic heterocycles. The van der Waals surface area contributed by atoms with Crippen molar-refractivity contribution in [1.82, 2.24) is 30.0 Å². The van der Waals surface area contributed by atoms with Gasteiger partial charge in [0.05, 0.1) is 0 Å². The monoisotopic (exact) mass is 391 g/mol. The van der Waals surface area contributed by atoms with E-state index in [0.29, 0.717) is 5.92 Å². The molecule has 8 heteroatoms. The maximum Gasteiger partial charge on any atom is 0.191 e. The summed E-state index contributed by atoms with van der Waals surface area (Å²) in [6.07, 6.45) is 8.05. The zero-order valence-corrected chi connectivity index (χ0v) is 17.8. The summed E-state index contributed by atoms with van der Waals surface area (Å²) in [5.74, 6) is 2.51. The van der Waals surface area contributed by atoms with Gasteiger partial charge in [-0.1, -0.05) is 25.6 Å². The molecule has 150 valence electrons. The van der Waals surface area contributed by atoms with Crippen molar-refractivity contribution < 1.29 is 0 Å². The van der Waals surface area contributed by atoms with Gasteiger partial charge in [0.15, 0.2) is 11.1 Å². The van der Waals surface area contributed by atoms with Gasteiger partial charge in [-0.2, -0.15) is 0 Å². The summed E-state index contributed by atoms with van der Waals surface area (Å²) in [6, 6.07) is 4.08. The van der Waals surface area contributed by atoms with E-state index < -0.39 is 0 Å². The molecule has 2 rings (SSSR count). The van der Waals surface area contributed by atoms with E-state index in [0.717, 1.165) is 62.5 Å². The molecule has 0 atom stereocenters. The van der Waals surface area contributed by atoms with Gasteiger partial charge in [-0.25, -0.2) is 0 Å². The minimum Gasteiger partial charge on any atom is -0.357 e. The number of nitrogens with zero attached hydrogens (tertiary/aromatic N) is 5. The standard InChI is InChI=1S/C19H33N7S/c1-5-20-18(22-11-14-25-12-6-7-13-25)21-10-8-9-17-23-24-19(27-4)26(17)15-16(2)3/h6-7,12-13,16H,5,8-11,14-15H2,1-4H3,(H2,20,21,22). The van der Waals surface area contributed by atoms with E-state index in [9.17, 15) is 0 Å². The fraction of sp³-hybridized carbons (Fsp3) is 0.632. The van der Waals surface area contributed by atoms with Crippen molar-refractivity contribution in [3.05, 3.63) is 30.4 Å². The maximum absolute atomic E-state index is 4.69. The third kappa shape index (κ3) is 7.28. The number of nitrogens with one attached hydrogen (secondary N) is 2. The van der Waals surface area contributed by atoms with E-state index in [1.54, 1.807) is 11.8 Å². The molecule has 2 aromatic rings. The van der Waals surface area contributed by atoms with Gasteiger partial charge >= 0.3 is 0 Å². The lowest BCUT2D eigenvalue weighted by atomic mass is 10.2. The summed E-state index contributed by atoms with van der Waals surface area (Å²) >= 11 is 1.66. The molecule has 0 unspecified atom stereocenters. The molecular formula is C19H33N7S. The average molecular weight is 392 g/mol. The Hall–Kier alpha value is -1.96. The molecule has 0 aliphatic heterocycles. The van der Waals surface area contributed by atoms with Crippen molar-refractivity contribution in [2.24, 2.45) is 10.9 Å². The summed E-state index contributed by atoms with van der Waals surface area (Å²) < 4.78 is 4.40. The molecule has 2 heterocycles. The Kier molecular flexibility index (Phi) is 9.24. The summed E-state index contributed by atoms with van der Waals surface area (Å²) in [6.45, 7) is 10.9. The Bertz CT molecular complexity index is 676. The highest BCUT2D eigenvalue weighted by molar-refractivity contribution is 7.98. The molecule has 0 spiro atoms. The molecule has 7 nitrogen and oxygen atoms in total. The summed E-state index contributed by atoms with van der Waals surface area (Å²) in [5, 5.41) is 16.4. The second-order valence-electron chi connectivity index (χ2n) is 6.82. The predicted molar refractivity (Wildman–Crippen MR) is 113 cm³/mol. The molecule has 0 saturated heterocycles. The quantitative estimate of drug-likeness (QED) is 0.267. The van der Waals surface area contributed by atoms with Crippen LogP contribution in [0.2, 0.25) is 0 Å². The topological polar surface area (TPSA) is 72.1 Å². The first-order valence-electron chi connectivity index (χ1n) is 9.73. The third-order valence-electron chi connectivity index (χ3n) is 4.03. The Morgan fingerprint density at radius 3 is 2.67 bits per heavy atom. The van der Waals surface area contributed by atoms with Crippen molar-refractivity contribution in [2.45, 2.75) is 51.9 Å². The number of guanidine groups is 1. The summed E-state index contributed by atoms with van der Waals surface area (Å²) in [7, 11) is 0. The van der Waals surface area contributed by atoms with Crippen molar-refractivity contribution >= 4 is 17.7 Å². The maximum atomic E-state index is 4.69. The lowest BCUT2D eigenvalue weighted by molar-refractivity contribution is 0.477. The van der Waals surface area contributed by atoms with Gasteiger partial charge in [-0.3, -0.25) is 4.99 Å². The van der Waals surface area contributed by atoms with Gasteiger partial charge in [0.2, 0.25) is 0 Å². The number of aromatic nitrogens is 4. The second-order valence-corrected chi connectivity index (χ2v) is 7.59. The Morgan fingerprint density at radius 2 is 2.00 bits per heavy atom. The van der Waals surface area contributed by atoms with Crippen molar-refractivity contribution in [3.63, 3.8) is 0 Å². The summed E-state index contributed by atoms with van der Waals surface area (Å²) in [4.78, 5) is 4.69. The van der Waals surface area contributed by atoms with E-state index in [2.05, 4.69) is 74.4 Å². The van der Waals surface area contributed by atoms with Crippen molar-refractivity contribution in [1.29, 1.82) is 0 Å². The normalized spacial score (nSPS) is 12.0. The zero-order chi connectivity index (χ0) is 19.5. The number of aliphatic imine (C=N–C) groups is 1. The lowest BCUT2D eigenvalue weighted by Gasteiger charge is -2.12. The molecule has 0 aliphatic rings. The number of hydrogen-bond donors (Lipinski definition) is 2. The van der Waals surface area contributed by atoms with Crippen LogP contribution < -0.4 is 10.6 Å². The predicted octanol–water partition coefficient (Wildman–Crippen LogP) is 2.65. The Balaban J connectivity index is 1.81. The van der Waals surface area contributed by atoms with E-state index in [-0.39, 0.29) is 0 Å². The van der Waals surface area contributed by atoms with Crippen LogP contribution in [0.25, 0.3) is 0 Å². The highest BCUT2D eigenvalue weighted by Gasteiger charge is 2.12. The largest absolute Gasteiger partial charge is 0.357 e. The highest BCUT2D eigenvalue weighted by Crippen LogP contribution is 2.16. The van der Waals surface area contributed by atoms with Crippen LogP contribution in [0.4, 0.5) is 0 Å². The van der Waals surface area contributed by atoms with Gasteiger partial charge in [-0.15, -0.1) is 10.2 Å². The molecule has 0 amide bonds. The van der Waals surface area contributed by atoms with Crippen LogP contribution in [-0.2, 0) is 19.5 Å².